The predicted octanol–water partition coefficient (Wildman–Crippen LogP) is 4.64. The molecule has 8 heteroatoms. The van der Waals surface area contributed by atoms with E-state index in [2.05, 4.69) is 10.3 Å². The van der Waals surface area contributed by atoms with Gasteiger partial charge in [0, 0.05) is 17.1 Å². The molecule has 3 aromatic rings. The minimum Gasteiger partial charge on any atom is -0.465 e. The fourth-order valence-electron chi connectivity index (χ4n) is 2.32. The van der Waals surface area contributed by atoms with Crippen LogP contribution >= 0.6 is 22.9 Å². The number of methoxy groups -OCH3 is 1. The van der Waals surface area contributed by atoms with Crippen molar-refractivity contribution in [1.82, 2.24) is 4.98 Å². The molecule has 0 atom stereocenters. The van der Waals surface area contributed by atoms with Gasteiger partial charge < -0.3 is 10.1 Å². The Bertz CT molecular complexity index is 973. The Morgan fingerprint density at radius 3 is 2.62 bits per heavy atom. The summed E-state index contributed by atoms with van der Waals surface area (Å²) in [7, 11) is 1.25. The number of aromatic nitrogens is 1. The highest BCUT2D eigenvalue weighted by Crippen LogP contribution is 2.36. The van der Waals surface area contributed by atoms with Crippen LogP contribution in [0.4, 0.5) is 9.39 Å². The molecule has 26 heavy (non-hydrogen) atoms. The lowest BCUT2D eigenvalue weighted by atomic mass is 10.0. The lowest BCUT2D eigenvalue weighted by Crippen LogP contribution is -2.15. The smallest absolute Gasteiger partial charge is 0.341 e. The van der Waals surface area contributed by atoms with Crippen LogP contribution in [-0.2, 0) is 4.74 Å². The van der Waals surface area contributed by atoms with E-state index in [1.807, 2.05) is 0 Å². The number of nitrogens with one attached hydrogen (secondary N) is 1. The minimum absolute atomic E-state index is 0.0555. The van der Waals surface area contributed by atoms with Crippen molar-refractivity contribution >= 4 is 39.8 Å². The third-order valence-electron chi connectivity index (χ3n) is 3.57. The monoisotopic (exact) mass is 390 g/mol. The van der Waals surface area contributed by atoms with E-state index in [0.29, 0.717) is 16.1 Å². The van der Waals surface area contributed by atoms with Gasteiger partial charge in [-0.05, 0) is 29.8 Å². The van der Waals surface area contributed by atoms with Gasteiger partial charge in [-0.1, -0.05) is 23.7 Å². The summed E-state index contributed by atoms with van der Waals surface area (Å²) in [4.78, 5) is 28.6. The molecule has 1 aromatic carbocycles. The highest BCUT2D eigenvalue weighted by Gasteiger charge is 2.23. The largest absolute Gasteiger partial charge is 0.465 e. The Morgan fingerprint density at radius 1 is 1.23 bits per heavy atom. The summed E-state index contributed by atoms with van der Waals surface area (Å²) in [6.07, 6.45) is 1.47. The molecule has 2 heterocycles. The lowest BCUT2D eigenvalue weighted by molar-refractivity contribution is 0.0603. The van der Waals surface area contributed by atoms with E-state index in [0.717, 1.165) is 11.3 Å². The minimum atomic E-state index is -0.613. The van der Waals surface area contributed by atoms with Crippen LogP contribution in [0.1, 0.15) is 20.7 Å². The first-order valence-electron chi connectivity index (χ1n) is 7.39. The molecule has 2 aromatic heterocycles. The van der Waals surface area contributed by atoms with Crippen LogP contribution in [-0.4, -0.2) is 24.0 Å². The zero-order chi connectivity index (χ0) is 18.7. The van der Waals surface area contributed by atoms with Crippen molar-refractivity contribution in [2.45, 2.75) is 0 Å². The van der Waals surface area contributed by atoms with Crippen LogP contribution in [0, 0.1) is 5.82 Å². The number of hydrogen-bond acceptors (Lipinski definition) is 5. The molecule has 3 rings (SSSR count). The number of pyridine rings is 1. The van der Waals surface area contributed by atoms with Gasteiger partial charge in [0.15, 0.2) is 0 Å². The van der Waals surface area contributed by atoms with Gasteiger partial charge in [-0.2, -0.15) is 0 Å². The Kier molecular flexibility index (Phi) is 5.29. The van der Waals surface area contributed by atoms with Crippen molar-refractivity contribution in [1.29, 1.82) is 0 Å². The Labute approximate surface area is 157 Å². The van der Waals surface area contributed by atoms with Gasteiger partial charge in [-0.3, -0.25) is 4.79 Å². The van der Waals surface area contributed by atoms with E-state index in [1.165, 1.54) is 31.5 Å². The first-order valence-corrected chi connectivity index (χ1v) is 8.64. The fraction of sp³-hybridized carbons (Fsp3) is 0.0556. The summed E-state index contributed by atoms with van der Waals surface area (Å²) < 4.78 is 18.0. The molecular formula is C18H12ClFN2O3S. The third kappa shape index (κ3) is 3.58. The SMILES string of the molecule is COC(=O)c1c(-c2ccc(F)cc2)csc1NC(=O)c1cccnc1Cl. The van der Waals surface area contributed by atoms with Crippen LogP contribution in [0.2, 0.25) is 5.15 Å². The normalized spacial score (nSPS) is 10.4. The average molecular weight is 391 g/mol. The van der Waals surface area contributed by atoms with E-state index in [-0.39, 0.29) is 22.1 Å². The maximum atomic E-state index is 13.2. The summed E-state index contributed by atoms with van der Waals surface area (Å²) in [6, 6.07) is 8.79. The van der Waals surface area contributed by atoms with Gasteiger partial charge in [0.25, 0.3) is 5.91 Å². The van der Waals surface area contributed by atoms with Gasteiger partial charge in [0.1, 0.15) is 21.5 Å². The van der Waals surface area contributed by atoms with E-state index in [9.17, 15) is 14.0 Å². The maximum absolute atomic E-state index is 13.2. The van der Waals surface area contributed by atoms with E-state index in [1.54, 1.807) is 23.6 Å². The molecule has 1 N–H and O–H groups in total. The molecule has 0 radical (unpaired) electrons. The number of halogens is 2. The Hall–Kier alpha value is -2.77. The van der Waals surface area contributed by atoms with E-state index >= 15 is 0 Å². The lowest BCUT2D eigenvalue weighted by Gasteiger charge is -2.08. The summed E-state index contributed by atoms with van der Waals surface area (Å²) in [5, 5.41) is 4.72. The molecule has 0 aliphatic carbocycles. The molecule has 0 aliphatic heterocycles. The second-order valence-electron chi connectivity index (χ2n) is 5.15. The molecule has 5 nitrogen and oxygen atoms in total. The fourth-order valence-corrected chi connectivity index (χ4v) is 3.48. The van der Waals surface area contributed by atoms with Crippen molar-refractivity contribution in [3.8, 4) is 11.1 Å². The van der Waals surface area contributed by atoms with E-state index < -0.39 is 11.9 Å². The predicted molar refractivity (Wildman–Crippen MR) is 98.3 cm³/mol. The van der Waals surface area contributed by atoms with Crippen LogP contribution in [0.3, 0.4) is 0 Å². The van der Waals surface area contributed by atoms with E-state index in [4.69, 9.17) is 16.3 Å². The zero-order valence-corrected chi connectivity index (χ0v) is 15.0. The van der Waals surface area contributed by atoms with Crippen LogP contribution < -0.4 is 5.32 Å². The number of ether oxygens (including phenoxy) is 1. The topological polar surface area (TPSA) is 68.3 Å². The highest BCUT2D eigenvalue weighted by atomic mass is 35.5. The number of carbonyl (C=O) groups excluding carboxylic acids is 2. The van der Waals surface area contributed by atoms with Gasteiger partial charge in [-0.25, -0.2) is 14.2 Å². The van der Waals surface area contributed by atoms with Crippen LogP contribution in [0.25, 0.3) is 11.1 Å². The van der Waals surface area contributed by atoms with Crippen molar-refractivity contribution in [2.24, 2.45) is 0 Å². The summed E-state index contributed by atoms with van der Waals surface area (Å²) in [5.74, 6) is -1.50. The molecule has 0 saturated heterocycles. The summed E-state index contributed by atoms with van der Waals surface area (Å²) >= 11 is 7.09. The Morgan fingerprint density at radius 2 is 1.96 bits per heavy atom. The number of hydrogen-bond donors (Lipinski definition) is 1. The Balaban J connectivity index is 2.00. The molecule has 0 spiro atoms. The van der Waals surface area contributed by atoms with Crippen molar-refractivity contribution in [2.75, 3.05) is 12.4 Å². The number of anilines is 1. The number of thiophene rings is 1. The molecule has 132 valence electrons. The summed E-state index contributed by atoms with van der Waals surface area (Å²) in [6.45, 7) is 0. The molecular weight excluding hydrogens is 379 g/mol. The van der Waals surface area contributed by atoms with Crippen LogP contribution in [0.5, 0.6) is 0 Å². The second kappa shape index (κ2) is 7.63. The first-order chi connectivity index (χ1) is 12.5. The quantitative estimate of drug-likeness (QED) is 0.520. The van der Waals surface area contributed by atoms with Gasteiger partial charge in [0.05, 0.1) is 12.7 Å². The average Bonchev–Trinajstić information content (AvgIpc) is 3.05. The number of nitrogens with zero attached hydrogens (tertiary/aromatic N) is 1. The number of carbonyl (C=O) groups is 2. The van der Waals surface area contributed by atoms with Crippen molar-refractivity contribution < 1.29 is 18.7 Å². The number of rotatable bonds is 4. The molecule has 0 bridgehead atoms. The van der Waals surface area contributed by atoms with Crippen molar-refractivity contribution in [3.63, 3.8) is 0 Å². The first kappa shape index (κ1) is 18.0. The number of esters is 1. The summed E-state index contributed by atoms with van der Waals surface area (Å²) in [5.41, 5.74) is 1.54. The second-order valence-corrected chi connectivity index (χ2v) is 6.39. The van der Waals surface area contributed by atoms with Crippen molar-refractivity contribution in [3.05, 3.63) is 70.1 Å². The molecule has 0 fully saturated rings. The van der Waals surface area contributed by atoms with Gasteiger partial charge in [-0.15, -0.1) is 11.3 Å². The third-order valence-corrected chi connectivity index (χ3v) is 4.76. The standard InChI is InChI=1S/C18H12ClFN2O3S/c1-25-18(24)14-13(10-4-6-11(20)7-5-10)9-26-17(14)22-16(23)12-3-2-8-21-15(12)19/h2-9H,1H3,(H,22,23). The molecule has 1 amide bonds. The number of benzene rings is 1. The van der Waals surface area contributed by atoms with Gasteiger partial charge >= 0.3 is 5.97 Å². The molecule has 0 aliphatic rings. The molecule has 0 unspecified atom stereocenters. The number of amides is 1. The van der Waals surface area contributed by atoms with Crippen LogP contribution in [0.15, 0.2) is 48.0 Å². The highest BCUT2D eigenvalue weighted by molar-refractivity contribution is 7.15. The zero-order valence-electron chi connectivity index (χ0n) is 13.5. The van der Waals surface area contributed by atoms with Gasteiger partial charge in [0.2, 0.25) is 0 Å². The molecule has 0 saturated carbocycles. The maximum Gasteiger partial charge on any atom is 0.341 e.